The van der Waals surface area contributed by atoms with Gasteiger partial charge in [-0.1, -0.05) is 29.5 Å². The molecule has 3 aliphatic rings. The van der Waals surface area contributed by atoms with E-state index in [4.69, 9.17) is 0 Å². The second kappa shape index (κ2) is 13.6. The van der Waals surface area contributed by atoms with E-state index in [-0.39, 0.29) is 41.5 Å². The van der Waals surface area contributed by atoms with Gasteiger partial charge in [-0.25, -0.2) is 18.2 Å². The molecule has 0 radical (unpaired) electrons. The Morgan fingerprint density at radius 3 is 2.36 bits per heavy atom. The summed E-state index contributed by atoms with van der Waals surface area (Å²) >= 11 is 0.550. The first-order valence-electron chi connectivity index (χ1n) is 16.5. The fourth-order valence-corrected chi connectivity index (χ4v) is 9.19. The maximum absolute atomic E-state index is 13.4. The largest absolute Gasteiger partial charge is 0.427 e. The predicted molar refractivity (Wildman–Crippen MR) is 182 cm³/mol. The Hall–Kier alpha value is -4.06. The number of benzene rings is 2. The zero-order valence-electron chi connectivity index (χ0n) is 27.3. The number of fused-ring (bicyclic) bond motifs is 1. The number of likely N-dealkylation sites (tertiary alicyclic amines) is 1. The van der Waals surface area contributed by atoms with Gasteiger partial charge in [-0.05, 0) is 80.1 Å². The van der Waals surface area contributed by atoms with Crippen molar-refractivity contribution in [3.05, 3.63) is 64.7 Å². The average molecular weight is 731 g/mol. The summed E-state index contributed by atoms with van der Waals surface area (Å²) in [6.45, 7) is 3.32. The summed E-state index contributed by atoms with van der Waals surface area (Å²) in [7, 11) is -1.85. The van der Waals surface area contributed by atoms with Gasteiger partial charge in [0.15, 0.2) is 10.9 Å². The topological polar surface area (TPSA) is 133 Å². The van der Waals surface area contributed by atoms with Crippen LogP contribution in [0.1, 0.15) is 54.0 Å². The Morgan fingerprint density at radius 1 is 0.980 bits per heavy atom. The molecule has 2 aromatic carbocycles. The number of sulfonamides is 1. The number of piperidine rings is 2. The molecule has 0 unspecified atom stereocenters. The molecule has 0 saturated carbocycles. The minimum absolute atomic E-state index is 0.158. The van der Waals surface area contributed by atoms with Crippen molar-refractivity contribution in [2.45, 2.75) is 61.7 Å². The lowest BCUT2D eigenvalue weighted by atomic mass is 9.89. The number of rotatable bonds is 8. The van der Waals surface area contributed by atoms with E-state index in [2.05, 4.69) is 37.7 Å². The summed E-state index contributed by atoms with van der Waals surface area (Å²) in [5, 5.41) is 11.0. The van der Waals surface area contributed by atoms with Crippen LogP contribution in [0.4, 0.5) is 28.9 Å². The van der Waals surface area contributed by atoms with Gasteiger partial charge in [-0.3, -0.25) is 24.6 Å². The number of carbonyl (C=O) groups excluding carboxylic acids is 2. The molecular weight excluding hydrogens is 694 g/mol. The number of thiazole rings is 1. The highest BCUT2D eigenvalue weighted by Gasteiger charge is 2.35. The molecule has 3 saturated heterocycles. The monoisotopic (exact) mass is 730 g/mol. The Morgan fingerprint density at radius 2 is 1.70 bits per heavy atom. The van der Waals surface area contributed by atoms with E-state index >= 15 is 0 Å². The van der Waals surface area contributed by atoms with E-state index in [0.717, 1.165) is 48.6 Å². The van der Waals surface area contributed by atoms with Crippen molar-refractivity contribution in [3.8, 4) is 0 Å². The number of nitrogens with one attached hydrogen (secondary N) is 2. The van der Waals surface area contributed by atoms with Crippen LogP contribution in [0.2, 0.25) is 0 Å². The van der Waals surface area contributed by atoms with Gasteiger partial charge in [-0.2, -0.15) is 22.6 Å². The number of aryl methyl sites for hydroxylation is 1. The third kappa shape index (κ3) is 7.08. The fourth-order valence-electron chi connectivity index (χ4n) is 6.96. The highest BCUT2D eigenvalue weighted by Crippen LogP contribution is 2.36. The molecule has 0 atom stereocenters. The van der Waals surface area contributed by atoms with Crippen LogP contribution < -0.4 is 15.5 Å². The number of carbonyl (C=O) groups is 2. The van der Waals surface area contributed by atoms with Crippen molar-refractivity contribution in [1.29, 1.82) is 0 Å². The number of hydrogen-bond acceptors (Lipinski definition) is 9. The van der Waals surface area contributed by atoms with Crippen LogP contribution in [-0.4, -0.2) is 83.1 Å². The van der Waals surface area contributed by atoms with Crippen molar-refractivity contribution in [2.24, 2.45) is 7.05 Å². The molecule has 0 bridgehead atoms. The van der Waals surface area contributed by atoms with Crippen LogP contribution >= 0.6 is 11.3 Å². The molecule has 50 heavy (non-hydrogen) atoms. The lowest BCUT2D eigenvalue weighted by Crippen LogP contribution is -2.49. The molecule has 3 amide bonds. The zero-order chi connectivity index (χ0) is 35.2. The van der Waals surface area contributed by atoms with Gasteiger partial charge in [0.2, 0.25) is 15.9 Å². The van der Waals surface area contributed by atoms with Crippen LogP contribution in [0.5, 0.6) is 0 Å². The number of imide groups is 1. The molecule has 2 N–H and O–H groups in total. The normalized spacial score (nSPS) is 19.3. The third-order valence-corrected chi connectivity index (χ3v) is 12.6. The summed E-state index contributed by atoms with van der Waals surface area (Å²) in [5.74, 6) is 0.636. The van der Waals surface area contributed by atoms with Gasteiger partial charge >= 0.3 is 12.2 Å². The second-order valence-electron chi connectivity index (χ2n) is 13.0. The first kappa shape index (κ1) is 34.4. The van der Waals surface area contributed by atoms with Crippen molar-refractivity contribution >= 4 is 55.2 Å². The maximum Gasteiger partial charge on any atom is 0.427 e. The summed E-state index contributed by atoms with van der Waals surface area (Å²) < 4.78 is 68.6. The molecular formula is C33H37F3N8O4S2. The molecule has 12 nitrogen and oxygen atoms in total. The second-order valence-corrected chi connectivity index (χ2v) is 16.0. The zero-order valence-corrected chi connectivity index (χ0v) is 29.0. The summed E-state index contributed by atoms with van der Waals surface area (Å²) in [5.41, 5.74) is 3.18. The number of nitrogens with zero attached hydrogens (tertiary/aromatic N) is 6. The highest BCUT2D eigenvalue weighted by atomic mass is 32.2. The smallest absolute Gasteiger partial charge is 0.359 e. The van der Waals surface area contributed by atoms with E-state index in [1.165, 1.54) is 14.8 Å². The summed E-state index contributed by atoms with van der Waals surface area (Å²) in [6, 6.07) is 12.7. The molecule has 7 rings (SSSR count). The van der Waals surface area contributed by atoms with Gasteiger partial charge in [0.05, 0.1) is 16.6 Å². The Bertz CT molecular complexity index is 2000. The van der Waals surface area contributed by atoms with Crippen molar-refractivity contribution in [2.75, 3.05) is 42.9 Å². The number of hydrogen-bond donors (Lipinski definition) is 2. The highest BCUT2D eigenvalue weighted by molar-refractivity contribution is 7.89. The van der Waals surface area contributed by atoms with E-state index in [1.807, 2.05) is 25.2 Å². The van der Waals surface area contributed by atoms with Crippen molar-refractivity contribution in [1.82, 2.24) is 29.3 Å². The van der Waals surface area contributed by atoms with Crippen LogP contribution in [0, 0.1) is 0 Å². The fraction of sp³-hybridized carbons (Fsp3) is 0.455. The van der Waals surface area contributed by atoms with E-state index in [0.29, 0.717) is 49.0 Å². The molecule has 4 aromatic rings. The predicted octanol–water partition coefficient (Wildman–Crippen LogP) is 5.14. The molecule has 5 heterocycles. The first-order valence-corrected chi connectivity index (χ1v) is 18.8. The molecule has 3 fully saturated rings. The molecule has 2 aromatic heterocycles. The quantitative estimate of drug-likeness (QED) is 0.255. The van der Waals surface area contributed by atoms with E-state index < -0.39 is 27.1 Å². The van der Waals surface area contributed by atoms with Gasteiger partial charge in [-0.15, -0.1) is 0 Å². The Kier molecular flexibility index (Phi) is 9.34. The molecule has 266 valence electrons. The van der Waals surface area contributed by atoms with Crippen LogP contribution in [0.3, 0.4) is 0 Å². The lowest BCUT2D eigenvalue weighted by molar-refractivity contribution is -0.134. The minimum Gasteiger partial charge on any atom is -0.359 e. The van der Waals surface area contributed by atoms with E-state index in [1.54, 1.807) is 16.8 Å². The number of anilines is 2. The number of amides is 3. The van der Waals surface area contributed by atoms with Crippen molar-refractivity contribution < 1.29 is 31.2 Å². The summed E-state index contributed by atoms with van der Waals surface area (Å²) in [6.07, 6.45) is -0.526. The lowest BCUT2D eigenvalue weighted by Gasteiger charge is -2.32. The van der Waals surface area contributed by atoms with Gasteiger partial charge in [0.25, 0.3) is 0 Å². The minimum atomic E-state index is -4.44. The SMILES string of the molecule is Cn1nc(N2CCC(=O)NC2=O)c2ccc(C3CCN(Cc4ccc(S(=O)(=O)N5CCC(Nc6ncc(C(F)(F)F)s6)CC5)cc4)CC3)cc21. The van der Waals surface area contributed by atoms with Gasteiger partial charge < -0.3 is 5.32 Å². The van der Waals surface area contributed by atoms with Crippen LogP contribution in [0.15, 0.2) is 53.6 Å². The number of alkyl halides is 3. The number of aromatic nitrogens is 3. The Labute approximate surface area is 291 Å². The average Bonchev–Trinajstić information content (AvgIpc) is 3.70. The van der Waals surface area contributed by atoms with Crippen molar-refractivity contribution in [3.63, 3.8) is 0 Å². The summed E-state index contributed by atoms with van der Waals surface area (Å²) in [4.78, 5) is 31.2. The maximum atomic E-state index is 13.4. The first-order chi connectivity index (χ1) is 23.8. The van der Waals surface area contributed by atoms with Gasteiger partial charge in [0.1, 0.15) is 4.88 Å². The Balaban J connectivity index is 0.909. The van der Waals surface area contributed by atoms with Crippen LogP contribution in [-0.2, 0) is 34.6 Å². The molecule has 0 spiro atoms. The molecule has 3 aliphatic heterocycles. The molecule has 0 aliphatic carbocycles. The van der Waals surface area contributed by atoms with Gasteiger partial charge in [0, 0.05) is 51.1 Å². The van der Waals surface area contributed by atoms with E-state index in [9.17, 15) is 31.2 Å². The standard InChI is InChI=1S/C33H37F3N8O4S2/c1-41-27-18-23(4-7-26(27)30(40-41)44-17-12-29(45)39-32(44)46)22-8-13-42(14-9-22)20-21-2-5-25(6-3-21)50(47,48)43-15-10-24(11-16-43)38-31-37-19-28(49-31)33(34,35)36/h2-7,18-19,22,24H,8-17,20H2,1H3,(H,37,38)(H,39,45,46). The third-order valence-electron chi connectivity index (χ3n) is 9.76. The number of halogens is 3. The van der Waals surface area contributed by atoms with Crippen LogP contribution in [0.25, 0.3) is 10.9 Å². The molecule has 17 heteroatoms. The number of urea groups is 1.